The Morgan fingerprint density at radius 3 is 2.34 bits per heavy atom. The van der Waals surface area contributed by atoms with Crippen LogP contribution in [-0.2, 0) is 4.79 Å². The SMILES string of the molecule is CC/C=C(\C=C(\c1ccc(NC(=O)/C(SN)=C(\C)N)cc1F)N(C)C)C(F)(F)F. The number of rotatable bonds is 7. The van der Waals surface area contributed by atoms with Gasteiger partial charge in [0.1, 0.15) is 10.7 Å². The van der Waals surface area contributed by atoms with Crippen LogP contribution in [0.25, 0.3) is 5.70 Å². The molecule has 160 valence electrons. The van der Waals surface area contributed by atoms with Crippen molar-refractivity contribution < 1.29 is 22.4 Å². The van der Waals surface area contributed by atoms with E-state index in [-0.39, 0.29) is 34.0 Å². The first-order valence-corrected chi connectivity index (χ1v) is 9.41. The van der Waals surface area contributed by atoms with Gasteiger partial charge in [0, 0.05) is 36.7 Å². The van der Waals surface area contributed by atoms with Crippen LogP contribution in [0.1, 0.15) is 25.8 Å². The van der Waals surface area contributed by atoms with Crippen molar-refractivity contribution in [2.75, 3.05) is 19.4 Å². The molecule has 0 heterocycles. The summed E-state index contributed by atoms with van der Waals surface area (Å²) in [6.45, 7) is 3.08. The van der Waals surface area contributed by atoms with Crippen molar-refractivity contribution in [1.82, 2.24) is 4.90 Å². The van der Waals surface area contributed by atoms with Gasteiger partial charge < -0.3 is 16.0 Å². The van der Waals surface area contributed by atoms with Gasteiger partial charge in [0.05, 0.1) is 5.57 Å². The molecule has 0 aromatic heterocycles. The average Bonchev–Trinajstić information content (AvgIpc) is 2.58. The lowest BCUT2D eigenvalue weighted by Gasteiger charge is -2.20. The third-order valence-electron chi connectivity index (χ3n) is 3.71. The molecule has 10 heteroatoms. The van der Waals surface area contributed by atoms with Gasteiger partial charge in [0.2, 0.25) is 0 Å². The van der Waals surface area contributed by atoms with Crippen LogP contribution in [0.15, 0.2) is 46.5 Å². The molecule has 0 aliphatic rings. The van der Waals surface area contributed by atoms with E-state index >= 15 is 0 Å². The van der Waals surface area contributed by atoms with E-state index in [4.69, 9.17) is 10.9 Å². The lowest BCUT2D eigenvalue weighted by molar-refractivity contribution is -0.112. The summed E-state index contributed by atoms with van der Waals surface area (Å²) in [6, 6.07) is 3.70. The van der Waals surface area contributed by atoms with Gasteiger partial charge in [-0.3, -0.25) is 9.93 Å². The molecule has 0 aliphatic carbocycles. The number of alkyl halides is 3. The second-order valence-corrected chi connectivity index (χ2v) is 6.91. The maximum absolute atomic E-state index is 14.7. The molecule has 5 N–H and O–H groups in total. The topological polar surface area (TPSA) is 84.4 Å². The van der Waals surface area contributed by atoms with Crippen molar-refractivity contribution in [3.8, 4) is 0 Å². The Morgan fingerprint density at radius 2 is 1.93 bits per heavy atom. The fourth-order valence-corrected chi connectivity index (χ4v) is 2.73. The zero-order valence-electron chi connectivity index (χ0n) is 16.5. The van der Waals surface area contributed by atoms with Crippen LogP contribution in [0.4, 0.5) is 23.2 Å². The molecule has 0 unspecified atom stereocenters. The predicted octanol–water partition coefficient (Wildman–Crippen LogP) is 4.36. The molecule has 0 bridgehead atoms. The zero-order chi connectivity index (χ0) is 22.4. The third kappa shape index (κ3) is 6.82. The van der Waals surface area contributed by atoms with Gasteiger partial charge in [-0.05, 0) is 49.6 Å². The first kappa shape index (κ1) is 24.6. The minimum atomic E-state index is -4.57. The quantitative estimate of drug-likeness (QED) is 0.258. The fourth-order valence-electron chi connectivity index (χ4n) is 2.39. The Labute approximate surface area is 171 Å². The molecule has 29 heavy (non-hydrogen) atoms. The van der Waals surface area contributed by atoms with E-state index in [9.17, 15) is 22.4 Å². The number of benzene rings is 1. The molecule has 1 aromatic rings. The Kier molecular flexibility index (Phi) is 8.78. The average molecular weight is 432 g/mol. The van der Waals surface area contributed by atoms with Crippen molar-refractivity contribution in [3.63, 3.8) is 0 Å². The van der Waals surface area contributed by atoms with E-state index in [2.05, 4.69) is 5.32 Å². The molecule has 1 rings (SSSR count). The fraction of sp³-hybridized carbons (Fsp3) is 0.316. The molecule has 0 radical (unpaired) electrons. The summed E-state index contributed by atoms with van der Waals surface area (Å²) in [5, 5.41) is 7.85. The van der Waals surface area contributed by atoms with Crippen molar-refractivity contribution in [2.45, 2.75) is 26.4 Å². The Balaban J connectivity index is 3.33. The van der Waals surface area contributed by atoms with Crippen LogP contribution in [-0.4, -0.2) is 31.1 Å². The second-order valence-electron chi connectivity index (χ2n) is 6.27. The molecule has 0 fully saturated rings. The largest absolute Gasteiger partial charge is 0.416 e. The summed E-state index contributed by atoms with van der Waals surface area (Å²) in [5.74, 6) is -1.41. The minimum Gasteiger partial charge on any atom is -0.401 e. The maximum Gasteiger partial charge on any atom is 0.416 e. The van der Waals surface area contributed by atoms with Gasteiger partial charge in [-0.1, -0.05) is 13.0 Å². The highest BCUT2D eigenvalue weighted by Crippen LogP contribution is 2.32. The summed E-state index contributed by atoms with van der Waals surface area (Å²) in [4.78, 5) is 13.6. The molecule has 0 atom stereocenters. The Morgan fingerprint density at radius 1 is 1.31 bits per heavy atom. The lowest BCUT2D eigenvalue weighted by Crippen LogP contribution is -2.18. The first-order valence-electron chi connectivity index (χ1n) is 8.53. The van der Waals surface area contributed by atoms with Gasteiger partial charge in [-0.15, -0.1) is 0 Å². The molecule has 1 amide bonds. The lowest BCUT2D eigenvalue weighted by atomic mass is 10.1. The highest BCUT2D eigenvalue weighted by Gasteiger charge is 2.32. The maximum atomic E-state index is 14.7. The number of allylic oxidation sites excluding steroid dienone is 4. The van der Waals surface area contributed by atoms with Crippen LogP contribution in [0.2, 0.25) is 0 Å². The number of nitrogens with zero attached hydrogens (tertiary/aromatic N) is 1. The van der Waals surface area contributed by atoms with Gasteiger partial charge in [-0.25, -0.2) is 4.39 Å². The first-order chi connectivity index (χ1) is 13.4. The van der Waals surface area contributed by atoms with Crippen molar-refractivity contribution >= 4 is 29.2 Å². The summed E-state index contributed by atoms with van der Waals surface area (Å²) in [7, 11) is 3.03. The highest BCUT2D eigenvalue weighted by molar-refractivity contribution is 8.01. The number of amides is 1. The van der Waals surface area contributed by atoms with E-state index in [1.54, 1.807) is 6.92 Å². The molecular formula is C19H24F4N4OS. The number of hydrogen-bond acceptors (Lipinski definition) is 5. The number of hydrogen-bond donors (Lipinski definition) is 3. The molecule has 1 aromatic carbocycles. The third-order valence-corrected chi connectivity index (χ3v) is 4.45. The number of nitrogens with one attached hydrogen (secondary N) is 1. The summed E-state index contributed by atoms with van der Waals surface area (Å²) >= 11 is 0.656. The highest BCUT2D eigenvalue weighted by atomic mass is 32.2. The van der Waals surface area contributed by atoms with Crippen LogP contribution < -0.4 is 16.2 Å². The van der Waals surface area contributed by atoms with E-state index in [0.717, 1.165) is 18.2 Å². The molecule has 0 spiro atoms. The van der Waals surface area contributed by atoms with Gasteiger partial charge in [0.25, 0.3) is 5.91 Å². The summed E-state index contributed by atoms with van der Waals surface area (Å²) in [5.41, 5.74) is 5.01. The van der Waals surface area contributed by atoms with Crippen LogP contribution in [0, 0.1) is 5.82 Å². The minimum absolute atomic E-state index is 0.0355. The molecule has 0 saturated carbocycles. The Bertz CT molecular complexity index is 841. The van der Waals surface area contributed by atoms with E-state index in [1.807, 2.05) is 0 Å². The Hall–Kier alpha value is -2.46. The van der Waals surface area contributed by atoms with Crippen molar-refractivity contribution in [3.05, 3.63) is 57.9 Å². The molecule has 0 saturated heterocycles. The van der Waals surface area contributed by atoms with Crippen LogP contribution in [0.3, 0.4) is 0 Å². The zero-order valence-corrected chi connectivity index (χ0v) is 17.3. The van der Waals surface area contributed by atoms with Gasteiger partial charge >= 0.3 is 6.18 Å². The van der Waals surface area contributed by atoms with Crippen molar-refractivity contribution in [1.29, 1.82) is 0 Å². The van der Waals surface area contributed by atoms with Crippen LogP contribution >= 0.6 is 11.9 Å². The number of nitrogens with two attached hydrogens (primary N) is 2. The standard InChI is InChI=1S/C19H24F4N4OS/c1-5-6-12(19(21,22)23)9-16(27(3)4)14-8-7-13(10-15(14)20)26-18(28)17(29-25)11(2)24/h6-10H,5,24-25H2,1-4H3,(H,26,28)/b12-6+,16-9-,17-11-. The van der Waals surface area contributed by atoms with E-state index < -0.39 is 23.5 Å². The predicted molar refractivity (Wildman–Crippen MR) is 110 cm³/mol. The van der Waals surface area contributed by atoms with E-state index in [1.165, 1.54) is 38.1 Å². The monoisotopic (exact) mass is 432 g/mol. The second kappa shape index (κ2) is 10.4. The number of anilines is 1. The summed E-state index contributed by atoms with van der Waals surface area (Å²) in [6.07, 6.45) is -2.47. The number of carbonyl (C=O) groups excluding carboxylic acids is 1. The molecular weight excluding hydrogens is 408 g/mol. The summed E-state index contributed by atoms with van der Waals surface area (Å²) < 4.78 is 54.4. The van der Waals surface area contributed by atoms with Gasteiger partial charge in [-0.2, -0.15) is 13.2 Å². The smallest absolute Gasteiger partial charge is 0.401 e. The molecule has 5 nitrogen and oxygen atoms in total. The van der Waals surface area contributed by atoms with Crippen molar-refractivity contribution in [2.24, 2.45) is 10.9 Å². The van der Waals surface area contributed by atoms with E-state index in [0.29, 0.717) is 11.9 Å². The number of carbonyl (C=O) groups is 1. The normalized spacial score (nSPS) is 13.8. The van der Waals surface area contributed by atoms with Crippen LogP contribution in [0.5, 0.6) is 0 Å². The van der Waals surface area contributed by atoms with Gasteiger partial charge in [0.15, 0.2) is 0 Å². The number of halogens is 4. The molecule has 0 aliphatic heterocycles.